The highest BCUT2D eigenvalue weighted by Gasteiger charge is 2.41. The maximum Gasteiger partial charge on any atom is 0.0897 e. The lowest BCUT2D eigenvalue weighted by Gasteiger charge is -2.27. The molecule has 112 valence electrons. The summed E-state index contributed by atoms with van der Waals surface area (Å²) in [5, 5.41) is 22.3. The van der Waals surface area contributed by atoms with E-state index in [1.54, 1.807) is 0 Å². The number of aliphatic hydroxyl groups excluding tert-OH is 2. The van der Waals surface area contributed by atoms with Gasteiger partial charge in [-0.2, -0.15) is 0 Å². The molecule has 19 heavy (non-hydrogen) atoms. The Hall–Kier alpha value is -0.160. The first kappa shape index (κ1) is 15.2. The van der Waals surface area contributed by atoms with Crippen molar-refractivity contribution in [2.24, 2.45) is 11.3 Å². The molecule has 2 aliphatic rings. The molecule has 0 radical (unpaired) electrons. The van der Waals surface area contributed by atoms with Gasteiger partial charge in [0, 0.05) is 25.1 Å². The average Bonchev–Trinajstić information content (AvgIpc) is 3.17. The molecule has 0 heterocycles. The Morgan fingerprint density at radius 2 is 2.16 bits per heavy atom. The number of hydrogen-bond donors (Lipinski definition) is 3. The average molecular weight is 271 g/mol. The molecule has 0 aliphatic heterocycles. The van der Waals surface area contributed by atoms with Gasteiger partial charge in [-0.1, -0.05) is 19.8 Å². The number of nitrogens with one attached hydrogen (secondary N) is 1. The predicted molar refractivity (Wildman–Crippen MR) is 75.0 cm³/mol. The summed E-state index contributed by atoms with van der Waals surface area (Å²) in [4.78, 5) is 0. The molecule has 2 aliphatic carbocycles. The van der Waals surface area contributed by atoms with Crippen LogP contribution in [0.5, 0.6) is 0 Å². The van der Waals surface area contributed by atoms with E-state index in [0.29, 0.717) is 19.3 Å². The second kappa shape index (κ2) is 7.02. The first-order valence-electron chi connectivity index (χ1n) is 7.75. The minimum atomic E-state index is -0.438. The fraction of sp³-hybridized carbons (Fsp3) is 1.00. The lowest BCUT2D eigenvalue weighted by atomic mass is 9.89. The Labute approximate surface area is 116 Å². The fourth-order valence-corrected chi connectivity index (χ4v) is 2.91. The summed E-state index contributed by atoms with van der Waals surface area (Å²) in [6.45, 7) is 4.32. The van der Waals surface area contributed by atoms with Crippen molar-refractivity contribution in [3.8, 4) is 0 Å². The molecule has 0 aromatic heterocycles. The highest BCUT2D eigenvalue weighted by atomic mass is 16.5. The number of ether oxygens (including phenoxy) is 1. The summed E-state index contributed by atoms with van der Waals surface area (Å²) in [6, 6.07) is 0. The Kier molecular flexibility index (Phi) is 5.63. The topological polar surface area (TPSA) is 61.7 Å². The molecule has 0 spiro atoms. The lowest BCUT2D eigenvalue weighted by molar-refractivity contribution is -0.0309. The molecule has 2 rings (SSSR count). The first-order valence-corrected chi connectivity index (χ1v) is 7.75. The Morgan fingerprint density at radius 3 is 2.79 bits per heavy atom. The van der Waals surface area contributed by atoms with Crippen LogP contribution in [0.25, 0.3) is 0 Å². The predicted octanol–water partition coefficient (Wildman–Crippen LogP) is 1.30. The van der Waals surface area contributed by atoms with Crippen molar-refractivity contribution in [1.82, 2.24) is 5.32 Å². The second-order valence-electron chi connectivity index (χ2n) is 6.67. The third kappa shape index (κ3) is 5.03. The van der Waals surface area contributed by atoms with E-state index in [4.69, 9.17) is 4.74 Å². The second-order valence-corrected chi connectivity index (χ2v) is 6.67. The molecule has 0 bridgehead atoms. The fourth-order valence-electron chi connectivity index (χ4n) is 2.91. The van der Waals surface area contributed by atoms with E-state index >= 15 is 0 Å². The molecule has 3 atom stereocenters. The minimum Gasteiger partial charge on any atom is -0.396 e. The van der Waals surface area contributed by atoms with Crippen molar-refractivity contribution in [2.45, 2.75) is 57.7 Å². The van der Waals surface area contributed by atoms with Crippen LogP contribution >= 0.6 is 0 Å². The minimum absolute atomic E-state index is 0.110. The lowest BCUT2D eigenvalue weighted by Crippen LogP contribution is -2.36. The molecule has 0 aromatic rings. The van der Waals surface area contributed by atoms with Crippen LogP contribution in [0.15, 0.2) is 0 Å². The van der Waals surface area contributed by atoms with E-state index in [9.17, 15) is 10.2 Å². The van der Waals surface area contributed by atoms with E-state index in [-0.39, 0.29) is 12.0 Å². The summed E-state index contributed by atoms with van der Waals surface area (Å²) in [5.41, 5.74) is 0.110. The van der Waals surface area contributed by atoms with Gasteiger partial charge in [-0.25, -0.2) is 0 Å². The van der Waals surface area contributed by atoms with Crippen LogP contribution in [0.1, 0.15) is 45.4 Å². The van der Waals surface area contributed by atoms with Gasteiger partial charge in [-0.05, 0) is 31.6 Å². The molecule has 3 unspecified atom stereocenters. The summed E-state index contributed by atoms with van der Waals surface area (Å²) < 4.78 is 5.80. The Bertz CT molecular complexity index is 268. The van der Waals surface area contributed by atoms with Crippen molar-refractivity contribution in [1.29, 1.82) is 0 Å². The monoisotopic (exact) mass is 271 g/mol. The van der Waals surface area contributed by atoms with Gasteiger partial charge in [-0.3, -0.25) is 0 Å². The van der Waals surface area contributed by atoms with Crippen molar-refractivity contribution in [3.05, 3.63) is 0 Å². The molecule has 0 amide bonds. The van der Waals surface area contributed by atoms with E-state index in [1.165, 1.54) is 12.8 Å². The molecule has 2 fully saturated rings. The van der Waals surface area contributed by atoms with Crippen molar-refractivity contribution in [2.75, 3.05) is 26.3 Å². The zero-order chi connectivity index (χ0) is 13.7. The van der Waals surface area contributed by atoms with Gasteiger partial charge in [0.2, 0.25) is 0 Å². The molecule has 0 aromatic carbocycles. The Morgan fingerprint density at radius 1 is 1.37 bits per heavy atom. The maximum absolute atomic E-state index is 9.89. The van der Waals surface area contributed by atoms with Crippen molar-refractivity contribution in [3.63, 3.8) is 0 Å². The summed E-state index contributed by atoms with van der Waals surface area (Å²) in [6.07, 6.45) is 6.93. The normalized spacial score (nSPS) is 31.1. The van der Waals surface area contributed by atoms with Gasteiger partial charge in [-0.15, -0.1) is 0 Å². The Balaban J connectivity index is 1.53. The van der Waals surface area contributed by atoms with E-state index in [2.05, 4.69) is 12.2 Å². The molecule has 2 saturated carbocycles. The van der Waals surface area contributed by atoms with Crippen LogP contribution in [0, 0.1) is 11.3 Å². The SMILES string of the molecule is CC1CCCC(OCC(O)CNCC2(CO)CC2)C1. The maximum atomic E-state index is 9.89. The van der Waals surface area contributed by atoms with E-state index < -0.39 is 6.10 Å². The van der Waals surface area contributed by atoms with Crippen molar-refractivity contribution < 1.29 is 14.9 Å². The van der Waals surface area contributed by atoms with Gasteiger partial charge in [0.15, 0.2) is 0 Å². The van der Waals surface area contributed by atoms with Gasteiger partial charge >= 0.3 is 0 Å². The standard InChI is InChI=1S/C15H29NO3/c1-12-3-2-4-14(7-12)19-9-13(18)8-16-10-15(11-17)5-6-15/h12-14,16-18H,2-11H2,1H3. The van der Waals surface area contributed by atoms with E-state index in [0.717, 1.165) is 38.1 Å². The van der Waals surface area contributed by atoms with E-state index in [1.807, 2.05) is 0 Å². The molecule has 4 nitrogen and oxygen atoms in total. The third-order valence-electron chi connectivity index (χ3n) is 4.59. The zero-order valence-electron chi connectivity index (χ0n) is 12.1. The smallest absolute Gasteiger partial charge is 0.0897 e. The number of aliphatic hydroxyl groups is 2. The quantitative estimate of drug-likeness (QED) is 0.623. The van der Waals surface area contributed by atoms with Crippen LogP contribution in [0.3, 0.4) is 0 Å². The van der Waals surface area contributed by atoms with Crippen LogP contribution in [0.4, 0.5) is 0 Å². The largest absolute Gasteiger partial charge is 0.396 e. The first-order chi connectivity index (χ1) is 9.13. The summed E-state index contributed by atoms with van der Waals surface area (Å²) in [5.74, 6) is 0.758. The van der Waals surface area contributed by atoms with Gasteiger partial charge in [0.25, 0.3) is 0 Å². The number of rotatable bonds is 8. The molecule has 3 N–H and O–H groups in total. The molecule has 4 heteroatoms. The van der Waals surface area contributed by atoms with Crippen molar-refractivity contribution >= 4 is 0 Å². The highest BCUT2D eigenvalue weighted by molar-refractivity contribution is 4.94. The summed E-state index contributed by atoms with van der Waals surface area (Å²) >= 11 is 0. The third-order valence-corrected chi connectivity index (χ3v) is 4.59. The highest BCUT2D eigenvalue weighted by Crippen LogP contribution is 2.44. The molecule has 0 saturated heterocycles. The van der Waals surface area contributed by atoms with Gasteiger partial charge in [0.1, 0.15) is 0 Å². The van der Waals surface area contributed by atoms with Crippen LogP contribution < -0.4 is 5.32 Å². The van der Waals surface area contributed by atoms with Crippen LogP contribution in [0.2, 0.25) is 0 Å². The molecular weight excluding hydrogens is 242 g/mol. The van der Waals surface area contributed by atoms with Gasteiger partial charge in [0.05, 0.1) is 18.8 Å². The van der Waals surface area contributed by atoms with Crippen LogP contribution in [-0.2, 0) is 4.74 Å². The summed E-state index contributed by atoms with van der Waals surface area (Å²) in [7, 11) is 0. The van der Waals surface area contributed by atoms with Gasteiger partial charge < -0.3 is 20.3 Å². The number of hydrogen-bond acceptors (Lipinski definition) is 4. The van der Waals surface area contributed by atoms with Crippen LogP contribution in [-0.4, -0.2) is 48.7 Å². The zero-order valence-corrected chi connectivity index (χ0v) is 12.1. The molecular formula is C15H29NO3.